The molecule has 1 aliphatic rings. The van der Waals surface area contributed by atoms with Crippen LogP contribution in [0.25, 0.3) is 0 Å². The molecule has 118 valence electrons. The van der Waals surface area contributed by atoms with Gasteiger partial charge in [-0.1, -0.05) is 23.7 Å². The number of fused-ring (bicyclic) bond motifs is 1. The Morgan fingerprint density at radius 1 is 1.26 bits per heavy atom. The van der Waals surface area contributed by atoms with Crippen LogP contribution < -0.4 is 5.32 Å². The van der Waals surface area contributed by atoms with Crippen molar-refractivity contribution in [1.82, 2.24) is 5.32 Å². The molecule has 6 heteroatoms. The minimum atomic E-state index is -1.20. The molecule has 1 atom stereocenters. The van der Waals surface area contributed by atoms with E-state index < -0.39 is 17.8 Å². The summed E-state index contributed by atoms with van der Waals surface area (Å²) in [6.45, 7) is 0. The van der Waals surface area contributed by atoms with Crippen molar-refractivity contribution < 1.29 is 19.1 Å². The van der Waals surface area contributed by atoms with Crippen molar-refractivity contribution >= 4 is 23.5 Å². The lowest BCUT2D eigenvalue weighted by Crippen LogP contribution is -2.27. The van der Waals surface area contributed by atoms with E-state index >= 15 is 0 Å². The Labute approximate surface area is 136 Å². The van der Waals surface area contributed by atoms with Crippen LogP contribution in [0.15, 0.2) is 36.4 Å². The zero-order chi connectivity index (χ0) is 16.6. The lowest BCUT2D eigenvalue weighted by atomic mass is 10.0. The first-order chi connectivity index (χ1) is 11.0. The predicted octanol–water partition coefficient (Wildman–Crippen LogP) is 3.59. The van der Waals surface area contributed by atoms with Gasteiger partial charge in [-0.2, -0.15) is 0 Å². The number of carbonyl (C=O) groups is 2. The monoisotopic (exact) mass is 333 g/mol. The fourth-order valence-corrected chi connectivity index (χ4v) is 3.05. The van der Waals surface area contributed by atoms with Gasteiger partial charge in [-0.05, 0) is 48.2 Å². The molecule has 0 saturated carbocycles. The van der Waals surface area contributed by atoms with Crippen molar-refractivity contribution in [3.05, 3.63) is 69.5 Å². The maximum atomic E-state index is 14.0. The fourth-order valence-electron chi connectivity index (χ4n) is 2.83. The summed E-state index contributed by atoms with van der Waals surface area (Å²) in [5, 5.41) is 12.2. The third-order valence-electron chi connectivity index (χ3n) is 3.96. The van der Waals surface area contributed by atoms with Gasteiger partial charge in [0, 0.05) is 0 Å². The number of amides is 1. The van der Waals surface area contributed by atoms with Crippen molar-refractivity contribution in [3.63, 3.8) is 0 Å². The molecule has 0 fully saturated rings. The van der Waals surface area contributed by atoms with E-state index in [2.05, 4.69) is 5.32 Å². The molecule has 1 amide bonds. The second kappa shape index (κ2) is 6.01. The van der Waals surface area contributed by atoms with E-state index in [-0.39, 0.29) is 11.5 Å². The molecule has 23 heavy (non-hydrogen) atoms. The van der Waals surface area contributed by atoms with Crippen LogP contribution >= 0.6 is 11.6 Å². The van der Waals surface area contributed by atoms with E-state index in [0.29, 0.717) is 34.6 Å². The number of carboxylic acid groups (broad SMARTS) is 1. The Bertz CT molecular complexity index is 806. The first kappa shape index (κ1) is 15.5. The van der Waals surface area contributed by atoms with Crippen LogP contribution in [0.1, 0.15) is 44.3 Å². The van der Waals surface area contributed by atoms with E-state index in [0.717, 1.165) is 6.07 Å². The van der Waals surface area contributed by atoms with Gasteiger partial charge in [-0.3, -0.25) is 4.79 Å². The summed E-state index contributed by atoms with van der Waals surface area (Å²) in [7, 11) is 0. The zero-order valence-electron chi connectivity index (χ0n) is 12.0. The molecular formula is C17H13ClFNO3. The molecule has 0 unspecified atom stereocenters. The first-order valence-electron chi connectivity index (χ1n) is 7.08. The first-order valence-corrected chi connectivity index (χ1v) is 7.46. The van der Waals surface area contributed by atoms with Gasteiger partial charge in [0.25, 0.3) is 5.91 Å². The molecule has 0 spiro atoms. The van der Waals surface area contributed by atoms with Gasteiger partial charge in [0.2, 0.25) is 0 Å². The summed E-state index contributed by atoms with van der Waals surface area (Å²) in [4.78, 5) is 23.4. The molecule has 0 aromatic heterocycles. The number of benzene rings is 2. The van der Waals surface area contributed by atoms with Gasteiger partial charge in [0.05, 0.1) is 22.2 Å². The SMILES string of the molecule is O=C(O)c1cc(F)c2c(c1)[C@H](NC(=O)c1ccccc1Cl)CC2. The van der Waals surface area contributed by atoms with Crippen LogP contribution in [0.3, 0.4) is 0 Å². The van der Waals surface area contributed by atoms with Crippen LogP contribution in [-0.2, 0) is 6.42 Å². The number of hydrogen-bond donors (Lipinski definition) is 2. The molecule has 0 saturated heterocycles. The summed E-state index contributed by atoms with van der Waals surface area (Å²) in [5.41, 5.74) is 1.18. The van der Waals surface area contributed by atoms with Gasteiger partial charge in [-0.25, -0.2) is 9.18 Å². The maximum Gasteiger partial charge on any atom is 0.335 e. The fraction of sp³-hybridized carbons (Fsp3) is 0.176. The van der Waals surface area contributed by atoms with E-state index in [1.54, 1.807) is 24.3 Å². The minimum absolute atomic E-state index is 0.125. The average Bonchev–Trinajstić information content (AvgIpc) is 2.91. The average molecular weight is 334 g/mol. The Kier molecular flexibility index (Phi) is 4.05. The normalized spacial score (nSPS) is 16.0. The third kappa shape index (κ3) is 2.92. The van der Waals surface area contributed by atoms with Gasteiger partial charge >= 0.3 is 5.97 Å². The van der Waals surface area contributed by atoms with E-state index in [4.69, 9.17) is 16.7 Å². The predicted molar refractivity (Wildman–Crippen MR) is 83.3 cm³/mol. The van der Waals surface area contributed by atoms with Gasteiger partial charge in [-0.15, -0.1) is 0 Å². The number of aromatic carboxylic acids is 1. The number of nitrogens with one attached hydrogen (secondary N) is 1. The van der Waals surface area contributed by atoms with Crippen molar-refractivity contribution in [2.45, 2.75) is 18.9 Å². The van der Waals surface area contributed by atoms with E-state index in [1.807, 2.05) is 0 Å². The molecule has 2 N–H and O–H groups in total. The van der Waals surface area contributed by atoms with Crippen molar-refractivity contribution in [2.24, 2.45) is 0 Å². The van der Waals surface area contributed by atoms with Crippen LogP contribution in [0.4, 0.5) is 4.39 Å². The number of rotatable bonds is 3. The summed E-state index contributed by atoms with van der Waals surface area (Å²) < 4.78 is 14.0. The summed E-state index contributed by atoms with van der Waals surface area (Å²) in [6, 6.07) is 8.64. The zero-order valence-corrected chi connectivity index (χ0v) is 12.7. The Hall–Kier alpha value is -2.40. The smallest absolute Gasteiger partial charge is 0.335 e. The van der Waals surface area contributed by atoms with Crippen LogP contribution in [0.2, 0.25) is 5.02 Å². The van der Waals surface area contributed by atoms with Crippen LogP contribution in [-0.4, -0.2) is 17.0 Å². The highest BCUT2D eigenvalue weighted by Gasteiger charge is 2.28. The van der Waals surface area contributed by atoms with E-state index in [9.17, 15) is 14.0 Å². The summed E-state index contributed by atoms with van der Waals surface area (Å²) >= 11 is 6.00. The largest absolute Gasteiger partial charge is 0.478 e. The molecule has 2 aromatic carbocycles. The highest BCUT2D eigenvalue weighted by Crippen LogP contribution is 2.34. The molecule has 1 aliphatic carbocycles. The molecular weight excluding hydrogens is 321 g/mol. The molecule has 0 radical (unpaired) electrons. The van der Waals surface area contributed by atoms with Crippen molar-refractivity contribution in [3.8, 4) is 0 Å². The second-order valence-electron chi connectivity index (χ2n) is 5.38. The summed E-state index contributed by atoms with van der Waals surface area (Å²) in [6.07, 6.45) is 0.972. The van der Waals surface area contributed by atoms with Gasteiger partial charge in [0.15, 0.2) is 0 Å². The number of carboxylic acids is 1. The minimum Gasteiger partial charge on any atom is -0.478 e. The summed E-state index contributed by atoms with van der Waals surface area (Å²) in [5.74, 6) is -2.11. The molecule has 2 aromatic rings. The standard InChI is InChI=1S/C17H13ClFNO3/c18-13-4-2-1-3-11(13)16(21)20-15-6-5-10-12(15)7-9(17(22)23)8-14(10)19/h1-4,7-8,15H,5-6H2,(H,20,21)(H,22,23)/t15-/m1/s1. The van der Waals surface area contributed by atoms with Crippen molar-refractivity contribution in [1.29, 1.82) is 0 Å². The van der Waals surface area contributed by atoms with Gasteiger partial charge in [0.1, 0.15) is 5.82 Å². The molecule has 0 bridgehead atoms. The number of carbonyl (C=O) groups excluding carboxylic acids is 1. The Morgan fingerprint density at radius 3 is 2.70 bits per heavy atom. The Balaban J connectivity index is 1.89. The van der Waals surface area contributed by atoms with Crippen LogP contribution in [0.5, 0.6) is 0 Å². The Morgan fingerprint density at radius 2 is 2.00 bits per heavy atom. The highest BCUT2D eigenvalue weighted by atomic mass is 35.5. The van der Waals surface area contributed by atoms with Gasteiger partial charge < -0.3 is 10.4 Å². The molecule has 3 rings (SSSR count). The third-order valence-corrected chi connectivity index (χ3v) is 4.29. The van der Waals surface area contributed by atoms with E-state index in [1.165, 1.54) is 6.07 Å². The molecule has 0 heterocycles. The molecule has 4 nitrogen and oxygen atoms in total. The van der Waals surface area contributed by atoms with Crippen molar-refractivity contribution in [2.75, 3.05) is 0 Å². The number of halogens is 2. The lowest BCUT2D eigenvalue weighted by molar-refractivity contribution is 0.0696. The lowest BCUT2D eigenvalue weighted by Gasteiger charge is -2.15. The maximum absolute atomic E-state index is 14.0. The number of hydrogen-bond acceptors (Lipinski definition) is 2. The highest BCUT2D eigenvalue weighted by molar-refractivity contribution is 6.33. The molecule has 0 aliphatic heterocycles. The van der Waals surface area contributed by atoms with Crippen LogP contribution in [0, 0.1) is 5.82 Å². The topological polar surface area (TPSA) is 66.4 Å². The second-order valence-corrected chi connectivity index (χ2v) is 5.78. The quantitative estimate of drug-likeness (QED) is 0.902.